The van der Waals surface area contributed by atoms with Crippen LogP contribution in [-0.4, -0.2) is 14.2 Å². The van der Waals surface area contributed by atoms with Crippen molar-refractivity contribution in [3.8, 4) is 11.4 Å². The van der Waals surface area contributed by atoms with Crippen LogP contribution in [0.3, 0.4) is 0 Å². The summed E-state index contributed by atoms with van der Waals surface area (Å²) in [5.41, 5.74) is 4.66. The van der Waals surface area contributed by atoms with Gasteiger partial charge in [-0.3, -0.25) is 9.36 Å². The van der Waals surface area contributed by atoms with E-state index in [9.17, 15) is 4.79 Å². The monoisotopic (exact) mass is 371 g/mol. The summed E-state index contributed by atoms with van der Waals surface area (Å²) in [4.78, 5) is 13.4. The van der Waals surface area contributed by atoms with Gasteiger partial charge >= 0.3 is 0 Å². The number of aromatic nitrogens is 3. The Balaban J connectivity index is 2.37. The number of fused-ring (bicyclic) bond motifs is 1. The zero-order valence-electron chi connectivity index (χ0n) is 16.1. The van der Waals surface area contributed by atoms with Gasteiger partial charge in [0.05, 0.1) is 5.02 Å². The fraction of sp³-hybridized carbons (Fsp3) is 0.429. The Labute approximate surface area is 159 Å². The SMILES string of the molecule is CCC(CC)c1cc(C)n2nc(-c3ccc(C)cc3Cl)n(CC)c(=O)c12. The van der Waals surface area contributed by atoms with Gasteiger partial charge in [0.1, 0.15) is 5.52 Å². The number of aryl methyl sites for hydroxylation is 2. The average molecular weight is 372 g/mol. The summed E-state index contributed by atoms with van der Waals surface area (Å²) >= 11 is 6.47. The molecule has 0 atom stereocenters. The third kappa shape index (κ3) is 2.96. The third-order valence-electron chi connectivity index (χ3n) is 5.19. The summed E-state index contributed by atoms with van der Waals surface area (Å²) in [7, 11) is 0. The maximum absolute atomic E-state index is 13.4. The molecule has 2 heterocycles. The van der Waals surface area contributed by atoms with Crippen LogP contribution in [0.1, 0.15) is 56.4 Å². The van der Waals surface area contributed by atoms with Crippen molar-refractivity contribution < 1.29 is 0 Å². The van der Waals surface area contributed by atoms with Crippen molar-refractivity contribution in [3.63, 3.8) is 0 Å². The number of halogens is 1. The third-order valence-corrected chi connectivity index (χ3v) is 5.50. The van der Waals surface area contributed by atoms with Gasteiger partial charge in [0.2, 0.25) is 0 Å². The highest BCUT2D eigenvalue weighted by Crippen LogP contribution is 2.30. The molecule has 0 aliphatic heterocycles. The average Bonchev–Trinajstić information content (AvgIpc) is 2.93. The number of benzene rings is 1. The highest BCUT2D eigenvalue weighted by Gasteiger charge is 2.21. The molecule has 3 aromatic rings. The zero-order valence-corrected chi connectivity index (χ0v) is 16.9. The maximum atomic E-state index is 13.4. The lowest BCUT2D eigenvalue weighted by atomic mass is 9.95. The van der Waals surface area contributed by atoms with E-state index in [0.29, 0.717) is 28.8 Å². The molecule has 138 valence electrons. The Bertz CT molecular complexity index is 1010. The molecule has 0 radical (unpaired) electrons. The fourth-order valence-corrected chi connectivity index (χ4v) is 4.02. The van der Waals surface area contributed by atoms with Crippen molar-refractivity contribution in [2.75, 3.05) is 0 Å². The van der Waals surface area contributed by atoms with Gasteiger partial charge in [-0.15, -0.1) is 5.10 Å². The van der Waals surface area contributed by atoms with Crippen molar-refractivity contribution in [1.29, 1.82) is 0 Å². The molecule has 2 aromatic heterocycles. The molecule has 0 saturated heterocycles. The second-order valence-corrected chi connectivity index (χ2v) is 7.28. The van der Waals surface area contributed by atoms with Crippen LogP contribution in [0, 0.1) is 13.8 Å². The first kappa shape index (κ1) is 18.7. The standard InChI is InChI=1S/C21H26ClN3O/c1-6-15(7-2)17-12-14(5)25-19(17)21(26)24(8-3)20(23-25)16-10-9-13(4)11-18(16)22/h9-12,15H,6-8H2,1-5H3. The van der Waals surface area contributed by atoms with Crippen LogP contribution in [0.15, 0.2) is 29.1 Å². The predicted octanol–water partition coefficient (Wildman–Crippen LogP) is 5.36. The Morgan fingerprint density at radius 3 is 2.38 bits per heavy atom. The molecule has 26 heavy (non-hydrogen) atoms. The first-order valence-electron chi connectivity index (χ1n) is 9.32. The van der Waals surface area contributed by atoms with Crippen LogP contribution >= 0.6 is 11.6 Å². The summed E-state index contributed by atoms with van der Waals surface area (Å²) in [6, 6.07) is 7.96. The zero-order chi connectivity index (χ0) is 19.0. The lowest BCUT2D eigenvalue weighted by Crippen LogP contribution is -2.26. The fourth-order valence-electron chi connectivity index (χ4n) is 3.70. The molecule has 0 unspecified atom stereocenters. The van der Waals surface area contributed by atoms with E-state index in [1.807, 2.05) is 39.0 Å². The minimum atomic E-state index is 0.00383. The lowest BCUT2D eigenvalue weighted by molar-refractivity contribution is 0.640. The minimum absolute atomic E-state index is 0.00383. The summed E-state index contributed by atoms with van der Waals surface area (Å²) in [6.45, 7) is 10.9. The van der Waals surface area contributed by atoms with Crippen LogP contribution in [0.2, 0.25) is 5.02 Å². The Hall–Kier alpha value is -2.07. The summed E-state index contributed by atoms with van der Waals surface area (Å²) in [5.74, 6) is 0.983. The van der Waals surface area contributed by atoms with E-state index in [4.69, 9.17) is 16.7 Å². The quantitative estimate of drug-likeness (QED) is 0.605. The predicted molar refractivity (Wildman–Crippen MR) is 108 cm³/mol. The highest BCUT2D eigenvalue weighted by atomic mass is 35.5. The van der Waals surface area contributed by atoms with Crippen LogP contribution in [-0.2, 0) is 6.54 Å². The summed E-state index contributed by atoms with van der Waals surface area (Å²) in [6.07, 6.45) is 2.01. The first-order valence-corrected chi connectivity index (χ1v) is 9.70. The number of hydrogen-bond acceptors (Lipinski definition) is 2. The van der Waals surface area contributed by atoms with Gasteiger partial charge in [-0.2, -0.15) is 0 Å². The van der Waals surface area contributed by atoms with E-state index in [1.165, 1.54) is 0 Å². The van der Waals surface area contributed by atoms with E-state index in [2.05, 4.69) is 19.9 Å². The number of hydrogen-bond donors (Lipinski definition) is 0. The Morgan fingerprint density at radius 1 is 1.12 bits per heavy atom. The molecule has 5 heteroatoms. The van der Waals surface area contributed by atoms with Gasteiger partial charge in [0.25, 0.3) is 5.56 Å². The van der Waals surface area contributed by atoms with Crippen LogP contribution < -0.4 is 5.56 Å². The van der Waals surface area contributed by atoms with Gasteiger partial charge in [-0.05, 0) is 68.9 Å². The molecule has 1 aromatic carbocycles. The number of nitrogens with zero attached hydrogens (tertiary/aromatic N) is 3. The molecule has 0 aliphatic carbocycles. The summed E-state index contributed by atoms with van der Waals surface area (Å²) < 4.78 is 3.53. The van der Waals surface area contributed by atoms with E-state index >= 15 is 0 Å². The molecule has 0 fully saturated rings. The van der Waals surface area contributed by atoms with E-state index in [1.54, 1.807) is 9.08 Å². The van der Waals surface area contributed by atoms with Gasteiger partial charge in [0.15, 0.2) is 5.82 Å². The van der Waals surface area contributed by atoms with Crippen LogP contribution in [0.4, 0.5) is 0 Å². The normalized spacial score (nSPS) is 11.7. The summed E-state index contributed by atoms with van der Waals surface area (Å²) in [5, 5.41) is 5.45. The molecule has 3 rings (SSSR count). The molecule has 0 bridgehead atoms. The highest BCUT2D eigenvalue weighted by molar-refractivity contribution is 6.33. The largest absolute Gasteiger partial charge is 0.290 e. The molecular formula is C21H26ClN3O. The Morgan fingerprint density at radius 2 is 1.81 bits per heavy atom. The van der Waals surface area contributed by atoms with E-state index in [0.717, 1.165) is 35.2 Å². The maximum Gasteiger partial charge on any atom is 0.278 e. The minimum Gasteiger partial charge on any atom is -0.290 e. The van der Waals surface area contributed by atoms with Gasteiger partial charge in [0, 0.05) is 17.8 Å². The van der Waals surface area contributed by atoms with E-state index in [-0.39, 0.29) is 5.56 Å². The topological polar surface area (TPSA) is 39.3 Å². The molecule has 0 aliphatic rings. The van der Waals surface area contributed by atoms with Crippen LogP contribution in [0.5, 0.6) is 0 Å². The number of rotatable bonds is 5. The van der Waals surface area contributed by atoms with Crippen molar-refractivity contribution >= 4 is 17.1 Å². The molecule has 0 saturated carbocycles. The van der Waals surface area contributed by atoms with Crippen molar-refractivity contribution in [2.45, 2.75) is 59.9 Å². The Kier molecular flexibility index (Phi) is 5.24. The molecule has 4 nitrogen and oxygen atoms in total. The first-order chi connectivity index (χ1) is 12.4. The van der Waals surface area contributed by atoms with Gasteiger partial charge in [-0.1, -0.05) is 31.5 Å². The second-order valence-electron chi connectivity index (χ2n) is 6.87. The molecule has 0 N–H and O–H groups in total. The van der Waals surface area contributed by atoms with Crippen molar-refractivity contribution in [3.05, 3.63) is 56.5 Å². The molecule has 0 spiro atoms. The van der Waals surface area contributed by atoms with Crippen LogP contribution in [0.25, 0.3) is 16.9 Å². The van der Waals surface area contributed by atoms with Crippen molar-refractivity contribution in [1.82, 2.24) is 14.2 Å². The molecular weight excluding hydrogens is 346 g/mol. The van der Waals surface area contributed by atoms with Gasteiger partial charge < -0.3 is 0 Å². The second kappa shape index (κ2) is 7.28. The van der Waals surface area contributed by atoms with E-state index < -0.39 is 0 Å². The van der Waals surface area contributed by atoms with Gasteiger partial charge in [-0.25, -0.2) is 4.52 Å². The smallest absolute Gasteiger partial charge is 0.278 e. The lowest BCUT2D eigenvalue weighted by Gasteiger charge is -2.15. The van der Waals surface area contributed by atoms with Crippen molar-refractivity contribution in [2.24, 2.45) is 0 Å². The molecule has 0 amide bonds.